The third-order valence-corrected chi connectivity index (χ3v) is 0.442. The fourth-order valence-corrected chi connectivity index (χ4v) is 0.241. The Labute approximate surface area is 59.5 Å². The second-order valence-electron chi connectivity index (χ2n) is 0.814. The molecule has 1 rings (SSSR count). The molecule has 0 aromatic carbocycles. The molecule has 0 aliphatic heterocycles. The van der Waals surface area contributed by atoms with Crippen molar-refractivity contribution >= 4 is 0 Å². The minimum absolute atomic E-state index is 0. The third-order valence-electron chi connectivity index (χ3n) is 0.442. The fraction of sp³-hybridized carbons (Fsp3) is 0. The second-order valence-corrected chi connectivity index (χ2v) is 0.814. The van der Waals surface area contributed by atoms with Crippen LogP contribution in [0.4, 0.5) is 0 Å². The minimum Gasteiger partial charge on any atom is -0.271 e. The molecule has 0 aromatic rings. The van der Waals surface area contributed by atoms with Gasteiger partial charge in [0.25, 0.3) is 0 Å². The van der Waals surface area contributed by atoms with E-state index in [-0.39, 0.29) is 29.6 Å². The molecule has 0 bridgehead atoms. The van der Waals surface area contributed by atoms with Crippen molar-refractivity contribution in [3.63, 3.8) is 0 Å². The maximum absolute atomic E-state index is 2.74. The number of hydrogen-bond donors (Lipinski definition) is 0. The van der Waals surface area contributed by atoms with Crippen LogP contribution in [0.5, 0.6) is 0 Å². The second kappa shape index (κ2) is 3.45. The van der Waals surface area contributed by atoms with Crippen LogP contribution in [0.3, 0.4) is 0 Å². The molecule has 0 amide bonds. The van der Waals surface area contributed by atoms with Crippen LogP contribution in [0.2, 0.25) is 0 Å². The van der Waals surface area contributed by atoms with E-state index in [4.69, 9.17) is 0 Å². The van der Waals surface area contributed by atoms with Gasteiger partial charge in [-0.15, -0.1) is 6.08 Å². The zero-order valence-corrected chi connectivity index (χ0v) is 5.73. The Morgan fingerprint density at radius 3 is 2.50 bits per heavy atom. The average molecular weight is 86.1 g/mol. The first-order valence-corrected chi connectivity index (χ1v) is 1.49. The molecule has 0 N–H and O–H groups in total. The van der Waals surface area contributed by atoms with Crippen molar-refractivity contribution in [3.05, 3.63) is 30.0 Å². The van der Waals surface area contributed by atoms with Crippen molar-refractivity contribution < 1.29 is 29.6 Å². The first kappa shape index (κ1) is 6.26. The van der Waals surface area contributed by atoms with Gasteiger partial charge in [0.1, 0.15) is 0 Å². The van der Waals surface area contributed by atoms with E-state index in [1.54, 1.807) is 0 Å². The van der Waals surface area contributed by atoms with Gasteiger partial charge in [-0.2, -0.15) is 12.2 Å². The Kier molecular flexibility index (Phi) is 3.60. The van der Waals surface area contributed by atoms with Crippen molar-refractivity contribution in [1.29, 1.82) is 0 Å². The molecule has 0 nitrogen and oxygen atoms in total. The van der Waals surface area contributed by atoms with E-state index in [9.17, 15) is 0 Å². The molecule has 0 heterocycles. The van der Waals surface area contributed by atoms with Gasteiger partial charge in [-0.1, -0.05) is 0 Å². The monoisotopic (exact) mass is 86.0 g/mol. The Morgan fingerprint density at radius 1 is 1.50 bits per heavy atom. The van der Waals surface area contributed by atoms with E-state index in [1.807, 2.05) is 18.2 Å². The summed E-state index contributed by atoms with van der Waals surface area (Å²) in [6.07, 6.45) is 8.26. The summed E-state index contributed by atoms with van der Waals surface area (Å²) in [4.78, 5) is 0. The van der Waals surface area contributed by atoms with Crippen LogP contribution >= 0.6 is 0 Å². The van der Waals surface area contributed by atoms with Crippen LogP contribution in [0.15, 0.2) is 24.0 Å². The average Bonchev–Trinajstić information content (AvgIpc) is 1.76. The summed E-state index contributed by atoms with van der Waals surface area (Å²) in [5.74, 6) is 0. The SMILES string of the molecule is C1=[C-]C=CC=1.[Na+]. The van der Waals surface area contributed by atoms with Crippen molar-refractivity contribution in [2.75, 3.05) is 0 Å². The zero-order valence-electron chi connectivity index (χ0n) is 3.73. The van der Waals surface area contributed by atoms with Crippen molar-refractivity contribution in [2.45, 2.75) is 0 Å². The normalized spacial score (nSPS) is 12.0. The largest absolute Gasteiger partial charge is 1.00 e. The van der Waals surface area contributed by atoms with E-state index >= 15 is 0 Å². The summed E-state index contributed by atoms with van der Waals surface area (Å²) >= 11 is 0. The van der Waals surface area contributed by atoms with Crippen LogP contribution in [0, 0.1) is 6.08 Å². The summed E-state index contributed by atoms with van der Waals surface area (Å²) in [6, 6.07) is 0. The first-order chi connectivity index (χ1) is 2.50. The molecule has 0 spiro atoms. The summed E-state index contributed by atoms with van der Waals surface area (Å²) in [5, 5.41) is 0. The van der Waals surface area contributed by atoms with Gasteiger partial charge in [-0.3, -0.25) is 5.73 Å². The molecule has 0 saturated carbocycles. The minimum atomic E-state index is 0. The molecular weight excluding hydrogens is 83.0 g/mol. The van der Waals surface area contributed by atoms with Gasteiger partial charge in [0, 0.05) is 0 Å². The summed E-state index contributed by atoms with van der Waals surface area (Å²) < 4.78 is 0. The molecule has 1 aliphatic carbocycles. The van der Waals surface area contributed by atoms with E-state index in [0.29, 0.717) is 0 Å². The van der Waals surface area contributed by atoms with Crippen molar-refractivity contribution in [1.82, 2.24) is 0 Å². The number of hydrogen-bond acceptors (Lipinski definition) is 0. The molecule has 0 radical (unpaired) electrons. The Balaban J connectivity index is 0.000000250. The molecule has 1 aliphatic rings. The van der Waals surface area contributed by atoms with Crippen molar-refractivity contribution in [2.24, 2.45) is 0 Å². The van der Waals surface area contributed by atoms with E-state index < -0.39 is 0 Å². The van der Waals surface area contributed by atoms with Gasteiger partial charge in [-0.05, 0) is 0 Å². The summed E-state index contributed by atoms with van der Waals surface area (Å²) in [5.41, 5.74) is 2.74. The van der Waals surface area contributed by atoms with Crippen LogP contribution in [-0.4, -0.2) is 0 Å². The molecule has 0 fully saturated rings. The van der Waals surface area contributed by atoms with Crippen LogP contribution in [0.25, 0.3) is 0 Å². The van der Waals surface area contributed by atoms with Gasteiger partial charge >= 0.3 is 29.6 Å². The van der Waals surface area contributed by atoms with Gasteiger partial charge in [0.15, 0.2) is 0 Å². The van der Waals surface area contributed by atoms with E-state index in [2.05, 4.69) is 11.8 Å². The summed E-state index contributed by atoms with van der Waals surface area (Å²) in [6.45, 7) is 0. The van der Waals surface area contributed by atoms with Crippen LogP contribution < -0.4 is 29.6 Å². The van der Waals surface area contributed by atoms with Gasteiger partial charge < -0.3 is 0 Å². The molecule has 6 heavy (non-hydrogen) atoms. The number of rotatable bonds is 0. The smallest absolute Gasteiger partial charge is 0.271 e. The predicted molar refractivity (Wildman–Crippen MR) is 20.5 cm³/mol. The van der Waals surface area contributed by atoms with E-state index in [0.717, 1.165) is 0 Å². The third kappa shape index (κ3) is 1.64. The van der Waals surface area contributed by atoms with Crippen LogP contribution in [-0.2, 0) is 0 Å². The maximum Gasteiger partial charge on any atom is 1.00 e. The van der Waals surface area contributed by atoms with Gasteiger partial charge in [0.05, 0.1) is 0 Å². The predicted octanol–water partition coefficient (Wildman–Crippen LogP) is -1.93. The molecular formula is C5H3Na. The Morgan fingerprint density at radius 2 is 2.33 bits per heavy atom. The van der Waals surface area contributed by atoms with Crippen molar-refractivity contribution in [3.8, 4) is 0 Å². The Hall–Kier alpha value is 0.260. The first-order valence-electron chi connectivity index (χ1n) is 1.49. The molecule has 1 heteroatoms. The maximum atomic E-state index is 2.74. The Bertz CT molecular complexity index is 95.1. The molecule has 0 atom stereocenters. The quantitative estimate of drug-likeness (QED) is 0.183. The molecule has 0 saturated heterocycles. The number of allylic oxidation sites excluding steroid dienone is 3. The molecule has 0 unspecified atom stereocenters. The van der Waals surface area contributed by atoms with E-state index in [1.165, 1.54) is 0 Å². The topological polar surface area (TPSA) is 0 Å². The fourth-order valence-electron chi connectivity index (χ4n) is 0.241. The van der Waals surface area contributed by atoms with Gasteiger partial charge in [0.2, 0.25) is 0 Å². The molecule has 24 valence electrons. The van der Waals surface area contributed by atoms with Crippen LogP contribution in [0.1, 0.15) is 0 Å². The molecule has 0 aromatic heterocycles. The summed E-state index contributed by atoms with van der Waals surface area (Å²) in [7, 11) is 0. The standard InChI is InChI=1S/C5H3.Na/c1-2-4-5-3-1;/h1-3H;/q-1;+1. The van der Waals surface area contributed by atoms with Gasteiger partial charge in [-0.25, -0.2) is 6.08 Å². The zero-order chi connectivity index (χ0) is 3.54.